The van der Waals surface area contributed by atoms with E-state index < -0.39 is 23.3 Å². The van der Waals surface area contributed by atoms with Crippen molar-refractivity contribution in [1.29, 1.82) is 0 Å². The van der Waals surface area contributed by atoms with Gasteiger partial charge in [0.25, 0.3) is 5.91 Å². The Balaban J connectivity index is 2.78. The molecule has 6 nitrogen and oxygen atoms in total. The van der Waals surface area contributed by atoms with Gasteiger partial charge in [-0.3, -0.25) is 4.79 Å². The fraction of sp³-hybridized carbons (Fsp3) is 0.500. The van der Waals surface area contributed by atoms with Crippen LogP contribution in [0.2, 0.25) is 0 Å². The summed E-state index contributed by atoms with van der Waals surface area (Å²) in [7, 11) is 0. The third-order valence-electron chi connectivity index (χ3n) is 2.06. The van der Waals surface area contributed by atoms with Gasteiger partial charge in [0.2, 0.25) is 0 Å². The lowest BCUT2D eigenvalue weighted by Crippen LogP contribution is -2.49. The molecule has 0 fully saturated rings. The third kappa shape index (κ3) is 2.82. The van der Waals surface area contributed by atoms with E-state index in [1.807, 2.05) is 0 Å². The van der Waals surface area contributed by atoms with Crippen LogP contribution in [0, 0.1) is 5.41 Å². The Morgan fingerprint density at radius 1 is 1.50 bits per heavy atom. The number of amides is 1. The van der Waals surface area contributed by atoms with Crippen LogP contribution in [0.5, 0.6) is 0 Å². The average Bonchev–Trinajstić information content (AvgIpc) is 2.63. The summed E-state index contributed by atoms with van der Waals surface area (Å²) in [6.45, 7) is 5.19. The number of hydrogen-bond acceptors (Lipinski definition) is 4. The zero-order chi connectivity index (χ0) is 12.3. The summed E-state index contributed by atoms with van der Waals surface area (Å²) in [6.07, 6.45) is 1.25. The third-order valence-corrected chi connectivity index (χ3v) is 2.06. The smallest absolute Gasteiger partial charge is 0.326 e. The van der Waals surface area contributed by atoms with Crippen molar-refractivity contribution in [2.75, 3.05) is 0 Å². The van der Waals surface area contributed by atoms with Crippen LogP contribution in [0.1, 0.15) is 31.3 Å². The van der Waals surface area contributed by atoms with Gasteiger partial charge in [0.15, 0.2) is 5.69 Å². The fourth-order valence-electron chi connectivity index (χ4n) is 1.18. The molecule has 0 unspecified atom stereocenters. The molecule has 1 atom stereocenters. The first-order valence-electron chi connectivity index (χ1n) is 4.76. The summed E-state index contributed by atoms with van der Waals surface area (Å²) in [5.74, 6) is -1.64. The van der Waals surface area contributed by atoms with E-state index in [0.717, 1.165) is 0 Å². The molecule has 16 heavy (non-hydrogen) atoms. The van der Waals surface area contributed by atoms with Crippen molar-refractivity contribution in [3.05, 3.63) is 18.0 Å². The van der Waals surface area contributed by atoms with Crippen molar-refractivity contribution in [1.82, 2.24) is 10.5 Å². The second-order valence-electron chi connectivity index (χ2n) is 4.50. The Morgan fingerprint density at radius 3 is 2.50 bits per heavy atom. The molecule has 1 heterocycles. The molecule has 0 aliphatic carbocycles. The SMILES string of the molecule is CC(C)(C)[C@@H](NC(=O)c1ccon1)C(=O)O. The maximum atomic E-state index is 11.6. The largest absolute Gasteiger partial charge is 0.480 e. The first-order chi connectivity index (χ1) is 7.32. The Morgan fingerprint density at radius 2 is 2.12 bits per heavy atom. The van der Waals surface area contributed by atoms with Gasteiger partial charge in [0.05, 0.1) is 0 Å². The van der Waals surface area contributed by atoms with Crippen molar-refractivity contribution >= 4 is 11.9 Å². The van der Waals surface area contributed by atoms with E-state index in [1.54, 1.807) is 20.8 Å². The maximum Gasteiger partial charge on any atom is 0.326 e. The van der Waals surface area contributed by atoms with Gasteiger partial charge in [0, 0.05) is 6.07 Å². The van der Waals surface area contributed by atoms with E-state index in [2.05, 4.69) is 15.0 Å². The number of aliphatic carboxylic acids is 1. The standard InChI is InChI=1S/C10H14N2O4/c1-10(2,3)7(9(14)15)11-8(13)6-4-5-16-12-6/h4-5,7H,1-3H3,(H,11,13)(H,14,15)/t7-/m0/s1. The van der Waals surface area contributed by atoms with E-state index in [1.165, 1.54) is 12.3 Å². The van der Waals surface area contributed by atoms with Crippen LogP contribution in [0.15, 0.2) is 16.9 Å². The van der Waals surface area contributed by atoms with Crippen LogP contribution in [-0.4, -0.2) is 28.2 Å². The quantitative estimate of drug-likeness (QED) is 0.798. The van der Waals surface area contributed by atoms with Crippen molar-refractivity contribution in [2.45, 2.75) is 26.8 Å². The molecule has 2 N–H and O–H groups in total. The molecule has 0 aliphatic rings. The number of carbonyl (C=O) groups is 2. The van der Waals surface area contributed by atoms with Gasteiger partial charge in [-0.15, -0.1) is 0 Å². The Hall–Kier alpha value is -1.85. The van der Waals surface area contributed by atoms with Crippen LogP contribution < -0.4 is 5.32 Å². The molecule has 88 valence electrons. The summed E-state index contributed by atoms with van der Waals surface area (Å²) in [5, 5.41) is 14.8. The Labute approximate surface area is 92.6 Å². The molecule has 0 saturated carbocycles. The molecule has 0 radical (unpaired) electrons. The van der Waals surface area contributed by atoms with Crippen LogP contribution in [0.4, 0.5) is 0 Å². The summed E-state index contributed by atoms with van der Waals surface area (Å²) >= 11 is 0. The lowest BCUT2D eigenvalue weighted by molar-refractivity contribution is -0.142. The first kappa shape index (κ1) is 12.2. The number of carbonyl (C=O) groups excluding carboxylic acids is 1. The maximum absolute atomic E-state index is 11.6. The molecule has 0 aromatic carbocycles. The number of nitrogens with zero attached hydrogens (tertiary/aromatic N) is 1. The first-order valence-corrected chi connectivity index (χ1v) is 4.76. The summed E-state index contributed by atoms with van der Waals surface area (Å²) in [6, 6.07) is 0.397. The van der Waals surface area contributed by atoms with Gasteiger partial charge >= 0.3 is 5.97 Å². The molecular weight excluding hydrogens is 212 g/mol. The Kier molecular flexibility index (Phi) is 3.31. The second kappa shape index (κ2) is 4.34. The molecule has 0 saturated heterocycles. The predicted octanol–water partition coefficient (Wildman–Crippen LogP) is 0.904. The van der Waals surface area contributed by atoms with Gasteiger partial charge in [-0.1, -0.05) is 25.9 Å². The summed E-state index contributed by atoms with van der Waals surface area (Å²) in [4.78, 5) is 22.6. The molecule has 1 rings (SSSR count). The molecule has 1 amide bonds. The molecule has 1 aromatic heterocycles. The van der Waals surface area contributed by atoms with Gasteiger partial charge in [0.1, 0.15) is 12.3 Å². The van der Waals surface area contributed by atoms with Gasteiger partial charge < -0.3 is 14.9 Å². The molecule has 0 bridgehead atoms. The van der Waals surface area contributed by atoms with E-state index in [-0.39, 0.29) is 5.69 Å². The van der Waals surface area contributed by atoms with Crippen LogP contribution in [0.3, 0.4) is 0 Å². The minimum Gasteiger partial charge on any atom is -0.480 e. The molecule has 6 heteroatoms. The zero-order valence-electron chi connectivity index (χ0n) is 9.35. The second-order valence-corrected chi connectivity index (χ2v) is 4.50. The number of hydrogen-bond donors (Lipinski definition) is 2. The highest BCUT2D eigenvalue weighted by atomic mass is 16.5. The number of carboxylic acids is 1. The lowest BCUT2D eigenvalue weighted by Gasteiger charge is -2.27. The minimum atomic E-state index is -1.08. The van der Waals surface area contributed by atoms with E-state index in [9.17, 15) is 9.59 Å². The average molecular weight is 226 g/mol. The van der Waals surface area contributed by atoms with Crippen LogP contribution >= 0.6 is 0 Å². The van der Waals surface area contributed by atoms with E-state index >= 15 is 0 Å². The zero-order valence-corrected chi connectivity index (χ0v) is 9.35. The lowest BCUT2D eigenvalue weighted by atomic mass is 9.86. The monoisotopic (exact) mass is 226 g/mol. The van der Waals surface area contributed by atoms with Gasteiger partial charge in [-0.25, -0.2) is 4.79 Å². The van der Waals surface area contributed by atoms with Gasteiger partial charge in [-0.05, 0) is 5.41 Å². The fourth-order valence-corrected chi connectivity index (χ4v) is 1.18. The highest BCUT2D eigenvalue weighted by molar-refractivity contribution is 5.94. The predicted molar refractivity (Wildman–Crippen MR) is 54.8 cm³/mol. The molecule has 1 aromatic rings. The van der Waals surface area contributed by atoms with Crippen LogP contribution in [-0.2, 0) is 4.79 Å². The number of rotatable bonds is 3. The topological polar surface area (TPSA) is 92.4 Å². The number of nitrogens with one attached hydrogen (secondary N) is 1. The van der Waals surface area contributed by atoms with Crippen molar-refractivity contribution in [3.63, 3.8) is 0 Å². The van der Waals surface area contributed by atoms with Gasteiger partial charge in [-0.2, -0.15) is 0 Å². The van der Waals surface area contributed by atoms with Crippen molar-refractivity contribution in [3.8, 4) is 0 Å². The van der Waals surface area contributed by atoms with E-state index in [0.29, 0.717) is 0 Å². The highest BCUT2D eigenvalue weighted by Gasteiger charge is 2.33. The van der Waals surface area contributed by atoms with Crippen molar-refractivity contribution in [2.24, 2.45) is 5.41 Å². The normalized spacial score (nSPS) is 13.2. The summed E-state index contributed by atoms with van der Waals surface area (Å²) in [5.41, 5.74) is -0.513. The minimum absolute atomic E-state index is 0.0653. The summed E-state index contributed by atoms with van der Waals surface area (Å²) < 4.78 is 4.51. The van der Waals surface area contributed by atoms with E-state index in [4.69, 9.17) is 5.11 Å². The molecular formula is C10H14N2O4. The molecule has 0 spiro atoms. The number of carboxylic acid groups (broad SMARTS) is 1. The van der Waals surface area contributed by atoms with Crippen molar-refractivity contribution < 1.29 is 19.2 Å². The highest BCUT2D eigenvalue weighted by Crippen LogP contribution is 2.19. The number of aromatic nitrogens is 1. The molecule has 0 aliphatic heterocycles. The van der Waals surface area contributed by atoms with Crippen LogP contribution in [0.25, 0.3) is 0 Å². The Bertz CT molecular complexity index is 378.